The van der Waals surface area contributed by atoms with E-state index >= 15 is 0 Å². The lowest BCUT2D eigenvalue weighted by molar-refractivity contribution is -0.00597. The first-order valence-electron chi connectivity index (χ1n) is 7.45. The molecule has 0 saturated heterocycles. The smallest absolute Gasteiger partial charge is 0.118 e. The molecule has 0 aliphatic heterocycles. The minimum atomic E-state index is -0.768. The summed E-state index contributed by atoms with van der Waals surface area (Å²) in [5, 5.41) is 14.3. The van der Waals surface area contributed by atoms with E-state index in [4.69, 9.17) is 4.74 Å². The highest BCUT2D eigenvalue weighted by molar-refractivity contribution is 5.27. The van der Waals surface area contributed by atoms with Crippen molar-refractivity contribution in [3.8, 4) is 5.75 Å². The van der Waals surface area contributed by atoms with E-state index in [0.717, 1.165) is 25.1 Å². The molecule has 1 saturated carbocycles. The average Bonchev–Trinajstić information content (AvgIpc) is 2.83. The van der Waals surface area contributed by atoms with Gasteiger partial charge in [-0.3, -0.25) is 0 Å². The van der Waals surface area contributed by atoms with Crippen molar-refractivity contribution in [2.45, 2.75) is 25.0 Å². The molecule has 1 aromatic carbocycles. The van der Waals surface area contributed by atoms with Crippen LogP contribution in [0.4, 0.5) is 0 Å². The van der Waals surface area contributed by atoms with Crippen molar-refractivity contribution in [3.63, 3.8) is 0 Å². The SMILES string of the molecule is C=C[C@@H]1CC[C@@H](C=C)C1(O)CNCc1ccc(OC)cc1. The van der Waals surface area contributed by atoms with Crippen LogP contribution >= 0.6 is 0 Å². The Balaban J connectivity index is 1.94. The first kappa shape index (κ1) is 15.8. The van der Waals surface area contributed by atoms with Gasteiger partial charge in [-0.15, -0.1) is 13.2 Å². The Labute approximate surface area is 127 Å². The van der Waals surface area contributed by atoms with E-state index in [2.05, 4.69) is 18.5 Å². The number of hydrogen-bond donors (Lipinski definition) is 2. The molecule has 1 aliphatic carbocycles. The van der Waals surface area contributed by atoms with Crippen LogP contribution < -0.4 is 10.1 Å². The van der Waals surface area contributed by atoms with E-state index < -0.39 is 5.60 Å². The van der Waals surface area contributed by atoms with Crippen LogP contribution in [0.3, 0.4) is 0 Å². The summed E-state index contributed by atoms with van der Waals surface area (Å²) in [6.45, 7) is 8.98. The number of ether oxygens (including phenoxy) is 1. The third-order valence-corrected chi connectivity index (χ3v) is 4.54. The zero-order valence-electron chi connectivity index (χ0n) is 12.7. The second kappa shape index (κ2) is 6.92. The van der Waals surface area contributed by atoms with E-state index in [1.165, 1.54) is 5.56 Å². The monoisotopic (exact) mass is 287 g/mol. The van der Waals surface area contributed by atoms with Crippen LogP contribution in [0.2, 0.25) is 0 Å². The molecule has 0 spiro atoms. The molecular formula is C18H25NO2. The van der Waals surface area contributed by atoms with Crippen LogP contribution in [0.25, 0.3) is 0 Å². The van der Waals surface area contributed by atoms with Crippen LogP contribution in [0.1, 0.15) is 18.4 Å². The van der Waals surface area contributed by atoms with Crippen molar-refractivity contribution >= 4 is 0 Å². The molecule has 114 valence electrons. The van der Waals surface area contributed by atoms with Gasteiger partial charge >= 0.3 is 0 Å². The fraction of sp³-hybridized carbons (Fsp3) is 0.444. The van der Waals surface area contributed by atoms with Crippen molar-refractivity contribution in [1.29, 1.82) is 0 Å². The zero-order valence-corrected chi connectivity index (χ0v) is 12.7. The number of hydrogen-bond acceptors (Lipinski definition) is 3. The number of benzene rings is 1. The Hall–Kier alpha value is -1.58. The summed E-state index contributed by atoms with van der Waals surface area (Å²) in [7, 11) is 1.66. The number of nitrogens with one attached hydrogen (secondary N) is 1. The zero-order chi connectivity index (χ0) is 15.3. The van der Waals surface area contributed by atoms with E-state index in [1.807, 2.05) is 36.4 Å². The Kier molecular flexibility index (Phi) is 5.21. The van der Waals surface area contributed by atoms with E-state index in [9.17, 15) is 5.11 Å². The lowest BCUT2D eigenvalue weighted by atomic mass is 9.84. The van der Waals surface area contributed by atoms with Crippen LogP contribution in [0.5, 0.6) is 5.75 Å². The second-order valence-corrected chi connectivity index (χ2v) is 5.70. The topological polar surface area (TPSA) is 41.5 Å². The van der Waals surface area contributed by atoms with Gasteiger partial charge in [-0.1, -0.05) is 24.3 Å². The first-order valence-corrected chi connectivity index (χ1v) is 7.45. The van der Waals surface area contributed by atoms with Gasteiger partial charge in [0.05, 0.1) is 12.7 Å². The standard InChI is InChI=1S/C18H25NO2/c1-4-15-8-9-16(5-2)18(15,20)13-19-12-14-6-10-17(21-3)11-7-14/h4-7,10-11,15-16,19-20H,1-2,8-9,12-13H2,3H3/t15-,16-/m1/s1. The van der Waals surface area contributed by atoms with Gasteiger partial charge in [-0.25, -0.2) is 0 Å². The second-order valence-electron chi connectivity index (χ2n) is 5.70. The molecule has 3 nitrogen and oxygen atoms in total. The molecule has 2 atom stereocenters. The summed E-state index contributed by atoms with van der Waals surface area (Å²) in [5.74, 6) is 1.11. The predicted octanol–water partition coefficient (Wildman–Crippen LogP) is 2.91. The molecule has 21 heavy (non-hydrogen) atoms. The Bertz CT molecular complexity index is 464. The third-order valence-electron chi connectivity index (χ3n) is 4.54. The van der Waals surface area contributed by atoms with Gasteiger partial charge in [0, 0.05) is 24.9 Å². The molecule has 3 heteroatoms. The lowest BCUT2D eigenvalue weighted by Crippen LogP contribution is -2.47. The normalized spacial score (nSPS) is 23.7. The van der Waals surface area contributed by atoms with Gasteiger partial charge in [0.1, 0.15) is 5.75 Å². The van der Waals surface area contributed by atoms with Crippen LogP contribution in [0, 0.1) is 11.8 Å². The quantitative estimate of drug-likeness (QED) is 0.758. The summed E-state index contributed by atoms with van der Waals surface area (Å²) >= 11 is 0. The Morgan fingerprint density at radius 2 is 1.81 bits per heavy atom. The van der Waals surface area contributed by atoms with Gasteiger partial charge < -0.3 is 15.2 Å². The summed E-state index contributed by atoms with van der Waals surface area (Å²) in [4.78, 5) is 0. The fourth-order valence-corrected chi connectivity index (χ4v) is 3.19. The average molecular weight is 287 g/mol. The van der Waals surface area contributed by atoms with Crippen LogP contribution in [-0.4, -0.2) is 24.4 Å². The van der Waals surface area contributed by atoms with Gasteiger partial charge in [0.25, 0.3) is 0 Å². The van der Waals surface area contributed by atoms with Crippen LogP contribution in [0.15, 0.2) is 49.6 Å². The molecule has 0 heterocycles. The largest absolute Gasteiger partial charge is 0.497 e. The third kappa shape index (κ3) is 3.36. The van der Waals surface area contributed by atoms with Crippen molar-refractivity contribution in [1.82, 2.24) is 5.32 Å². The van der Waals surface area contributed by atoms with Gasteiger partial charge in [-0.05, 0) is 30.5 Å². The summed E-state index contributed by atoms with van der Waals surface area (Å²) in [5.41, 5.74) is 0.401. The number of aliphatic hydroxyl groups is 1. The van der Waals surface area contributed by atoms with E-state index in [1.54, 1.807) is 7.11 Å². The van der Waals surface area contributed by atoms with Gasteiger partial charge in [0.15, 0.2) is 0 Å². The van der Waals surface area contributed by atoms with E-state index in [-0.39, 0.29) is 11.8 Å². The molecule has 0 radical (unpaired) electrons. The molecule has 0 bridgehead atoms. The minimum absolute atomic E-state index is 0.129. The molecule has 0 amide bonds. The summed E-state index contributed by atoms with van der Waals surface area (Å²) < 4.78 is 5.15. The Morgan fingerprint density at radius 3 is 2.29 bits per heavy atom. The first-order chi connectivity index (χ1) is 10.1. The molecule has 1 fully saturated rings. The molecule has 0 aromatic heterocycles. The van der Waals surface area contributed by atoms with Crippen molar-refractivity contribution in [3.05, 3.63) is 55.1 Å². The highest BCUT2D eigenvalue weighted by atomic mass is 16.5. The van der Waals surface area contributed by atoms with E-state index in [0.29, 0.717) is 6.54 Å². The predicted molar refractivity (Wildman–Crippen MR) is 86.3 cm³/mol. The van der Waals surface area contributed by atoms with Gasteiger partial charge in [0.2, 0.25) is 0 Å². The molecule has 2 rings (SSSR count). The van der Waals surface area contributed by atoms with Crippen molar-refractivity contribution in [2.24, 2.45) is 11.8 Å². The van der Waals surface area contributed by atoms with Gasteiger partial charge in [-0.2, -0.15) is 0 Å². The lowest BCUT2D eigenvalue weighted by Gasteiger charge is -2.33. The molecule has 0 unspecified atom stereocenters. The molecule has 2 N–H and O–H groups in total. The highest BCUT2D eigenvalue weighted by Gasteiger charge is 2.45. The maximum atomic E-state index is 10.9. The van der Waals surface area contributed by atoms with Crippen LogP contribution in [-0.2, 0) is 6.54 Å². The number of methoxy groups -OCH3 is 1. The Morgan fingerprint density at radius 1 is 1.24 bits per heavy atom. The molecule has 1 aliphatic rings. The van der Waals surface area contributed by atoms with Crippen molar-refractivity contribution < 1.29 is 9.84 Å². The van der Waals surface area contributed by atoms with Crippen molar-refractivity contribution in [2.75, 3.05) is 13.7 Å². The molecular weight excluding hydrogens is 262 g/mol. The highest BCUT2D eigenvalue weighted by Crippen LogP contribution is 2.41. The maximum Gasteiger partial charge on any atom is 0.118 e. The summed E-state index contributed by atoms with van der Waals surface area (Å²) in [6, 6.07) is 7.95. The number of rotatable bonds is 7. The fourth-order valence-electron chi connectivity index (χ4n) is 3.19. The maximum absolute atomic E-state index is 10.9. The summed E-state index contributed by atoms with van der Waals surface area (Å²) in [6.07, 6.45) is 5.69. The minimum Gasteiger partial charge on any atom is -0.497 e. The molecule has 1 aromatic rings.